The number of aliphatic carboxylic acids is 1. The maximum atomic E-state index is 13.0. The highest BCUT2D eigenvalue weighted by atomic mass is 32.2. The van der Waals surface area contributed by atoms with Gasteiger partial charge in [-0.1, -0.05) is 44.2 Å². The topological polar surface area (TPSA) is 232 Å². The molecular weight excluding hydrogens is 544 g/mol. The second-order valence-corrected chi connectivity index (χ2v) is 10.9. The number of aliphatic hydroxyl groups excluding tert-OH is 4. The molecule has 14 heteroatoms. The summed E-state index contributed by atoms with van der Waals surface area (Å²) in [6, 6.07) is 3.63. The third kappa shape index (κ3) is 11.8. The molecule has 0 radical (unpaired) electrons. The number of nitrogens with two attached hydrogens (primary N) is 1. The molecule has 0 saturated carbocycles. The van der Waals surface area contributed by atoms with Crippen molar-refractivity contribution in [1.29, 1.82) is 0 Å². The van der Waals surface area contributed by atoms with Gasteiger partial charge in [-0.15, -0.1) is 0 Å². The van der Waals surface area contributed by atoms with E-state index in [1.54, 1.807) is 30.3 Å². The number of amides is 3. The molecule has 0 aliphatic rings. The SMILES string of the molecule is CSCC[C@H](N)C(=O)N[C@@H](CC(C)C)C(=O)N[C@@H](CO)[C@@H](O)[C@@H](O)[C@H](O)C(=O)N[C@@H](CC(=O)O)c1ccccc1. The molecule has 0 aliphatic heterocycles. The van der Waals surface area contributed by atoms with Crippen molar-refractivity contribution in [3.63, 3.8) is 0 Å². The van der Waals surface area contributed by atoms with E-state index in [0.717, 1.165) is 0 Å². The van der Waals surface area contributed by atoms with Crippen LogP contribution in [-0.2, 0) is 19.2 Å². The number of carbonyl (C=O) groups excluding carboxylic acids is 3. The van der Waals surface area contributed by atoms with Gasteiger partial charge in [-0.2, -0.15) is 11.8 Å². The summed E-state index contributed by atoms with van der Waals surface area (Å²) in [4.78, 5) is 49.4. The van der Waals surface area contributed by atoms with Gasteiger partial charge < -0.3 is 47.2 Å². The van der Waals surface area contributed by atoms with Gasteiger partial charge in [0.1, 0.15) is 18.2 Å². The zero-order chi connectivity index (χ0) is 30.4. The van der Waals surface area contributed by atoms with Gasteiger partial charge in [-0.25, -0.2) is 0 Å². The van der Waals surface area contributed by atoms with E-state index in [0.29, 0.717) is 17.7 Å². The van der Waals surface area contributed by atoms with E-state index < -0.39 is 79.2 Å². The van der Waals surface area contributed by atoms with E-state index in [1.165, 1.54) is 11.8 Å². The van der Waals surface area contributed by atoms with Gasteiger partial charge in [0.25, 0.3) is 5.91 Å². The summed E-state index contributed by atoms with van der Waals surface area (Å²) < 4.78 is 0. The molecule has 0 heterocycles. The first-order valence-electron chi connectivity index (χ1n) is 12.9. The lowest BCUT2D eigenvalue weighted by Crippen LogP contribution is -2.60. The van der Waals surface area contributed by atoms with Crippen LogP contribution in [0.25, 0.3) is 0 Å². The number of benzene rings is 1. The van der Waals surface area contributed by atoms with E-state index >= 15 is 0 Å². The minimum absolute atomic E-state index is 0.0320. The Hall–Kier alpha value is -2.75. The maximum Gasteiger partial charge on any atom is 0.305 e. The number of hydrogen-bond donors (Lipinski definition) is 9. The van der Waals surface area contributed by atoms with E-state index in [-0.39, 0.29) is 12.3 Å². The Balaban J connectivity index is 2.93. The fourth-order valence-electron chi connectivity index (χ4n) is 3.83. The summed E-state index contributed by atoms with van der Waals surface area (Å²) in [7, 11) is 0. The molecule has 1 aromatic carbocycles. The van der Waals surface area contributed by atoms with Crippen molar-refractivity contribution in [2.24, 2.45) is 11.7 Å². The Bertz CT molecular complexity index is 953. The van der Waals surface area contributed by atoms with Crippen LogP contribution in [0.2, 0.25) is 0 Å². The highest BCUT2D eigenvalue weighted by Gasteiger charge is 2.37. The van der Waals surface area contributed by atoms with Crippen LogP contribution in [0.5, 0.6) is 0 Å². The molecular formula is C26H42N4O9S. The highest BCUT2D eigenvalue weighted by molar-refractivity contribution is 7.98. The summed E-state index contributed by atoms with van der Waals surface area (Å²) in [6.45, 7) is 2.77. The molecule has 0 saturated heterocycles. The second-order valence-electron chi connectivity index (χ2n) is 9.87. The molecule has 0 spiro atoms. The van der Waals surface area contributed by atoms with E-state index in [9.17, 15) is 44.7 Å². The number of aliphatic hydroxyl groups is 4. The molecule has 0 unspecified atom stereocenters. The molecule has 7 atom stereocenters. The van der Waals surface area contributed by atoms with Crippen molar-refractivity contribution in [1.82, 2.24) is 16.0 Å². The summed E-state index contributed by atoms with van der Waals surface area (Å²) >= 11 is 1.52. The Morgan fingerprint density at radius 2 is 1.55 bits per heavy atom. The molecule has 0 bridgehead atoms. The van der Waals surface area contributed by atoms with Crippen LogP contribution in [0, 0.1) is 5.92 Å². The molecule has 226 valence electrons. The van der Waals surface area contributed by atoms with E-state index in [4.69, 9.17) is 5.73 Å². The first-order valence-corrected chi connectivity index (χ1v) is 14.3. The van der Waals surface area contributed by atoms with Gasteiger partial charge in [0.15, 0.2) is 6.10 Å². The molecule has 1 aromatic rings. The van der Waals surface area contributed by atoms with Gasteiger partial charge in [0, 0.05) is 0 Å². The van der Waals surface area contributed by atoms with Crippen LogP contribution >= 0.6 is 11.8 Å². The molecule has 13 nitrogen and oxygen atoms in total. The smallest absolute Gasteiger partial charge is 0.305 e. The minimum atomic E-state index is -2.23. The Morgan fingerprint density at radius 3 is 2.08 bits per heavy atom. The van der Waals surface area contributed by atoms with Gasteiger partial charge in [0.2, 0.25) is 11.8 Å². The van der Waals surface area contributed by atoms with Crippen molar-refractivity contribution in [2.45, 2.75) is 75.6 Å². The van der Waals surface area contributed by atoms with E-state index in [2.05, 4.69) is 16.0 Å². The molecule has 1 rings (SSSR count). The first-order chi connectivity index (χ1) is 18.8. The molecule has 0 fully saturated rings. The van der Waals surface area contributed by atoms with Gasteiger partial charge >= 0.3 is 5.97 Å². The Kier molecular flexibility index (Phi) is 15.7. The Labute approximate surface area is 237 Å². The number of carbonyl (C=O) groups is 4. The fraction of sp³-hybridized carbons (Fsp3) is 0.615. The largest absolute Gasteiger partial charge is 0.481 e. The van der Waals surface area contributed by atoms with Crippen LogP contribution in [0.3, 0.4) is 0 Å². The lowest BCUT2D eigenvalue weighted by molar-refractivity contribution is -0.145. The lowest BCUT2D eigenvalue weighted by Gasteiger charge is -2.31. The second kappa shape index (κ2) is 17.8. The van der Waals surface area contributed by atoms with Crippen LogP contribution in [-0.4, -0.2) is 104 Å². The van der Waals surface area contributed by atoms with Crippen LogP contribution < -0.4 is 21.7 Å². The zero-order valence-electron chi connectivity index (χ0n) is 22.9. The van der Waals surface area contributed by atoms with Crippen molar-refractivity contribution in [3.05, 3.63) is 35.9 Å². The number of carboxylic acids is 1. The number of hydrogen-bond acceptors (Lipinski definition) is 10. The number of carboxylic acid groups (broad SMARTS) is 1. The van der Waals surface area contributed by atoms with Gasteiger partial charge in [-0.05, 0) is 36.3 Å². The zero-order valence-corrected chi connectivity index (χ0v) is 23.7. The lowest BCUT2D eigenvalue weighted by atomic mass is 9.98. The number of thioether (sulfide) groups is 1. The predicted octanol–water partition coefficient (Wildman–Crippen LogP) is -1.51. The monoisotopic (exact) mass is 586 g/mol. The van der Waals surface area contributed by atoms with Gasteiger partial charge in [-0.3, -0.25) is 19.2 Å². The molecule has 40 heavy (non-hydrogen) atoms. The van der Waals surface area contributed by atoms with Crippen molar-refractivity contribution >= 4 is 35.5 Å². The van der Waals surface area contributed by atoms with Crippen LogP contribution in [0.15, 0.2) is 30.3 Å². The average Bonchev–Trinajstić information content (AvgIpc) is 2.92. The van der Waals surface area contributed by atoms with Crippen molar-refractivity contribution in [3.8, 4) is 0 Å². The van der Waals surface area contributed by atoms with Crippen molar-refractivity contribution < 1.29 is 44.7 Å². The minimum Gasteiger partial charge on any atom is -0.481 e. The quantitative estimate of drug-likeness (QED) is 0.0959. The summed E-state index contributed by atoms with van der Waals surface area (Å²) in [5, 5.41) is 57.8. The number of nitrogens with one attached hydrogen (secondary N) is 3. The third-order valence-corrected chi connectivity index (χ3v) is 6.73. The first kappa shape index (κ1) is 35.3. The molecule has 0 aromatic heterocycles. The van der Waals surface area contributed by atoms with Crippen molar-refractivity contribution in [2.75, 3.05) is 18.6 Å². The Morgan fingerprint density at radius 1 is 0.925 bits per heavy atom. The van der Waals surface area contributed by atoms with E-state index in [1.807, 2.05) is 20.1 Å². The normalized spacial score (nSPS) is 16.6. The molecule has 3 amide bonds. The molecule has 10 N–H and O–H groups in total. The summed E-state index contributed by atoms with van der Waals surface area (Å²) in [6.07, 6.45) is -4.46. The van der Waals surface area contributed by atoms with Crippen LogP contribution in [0.1, 0.15) is 44.7 Å². The number of rotatable bonds is 18. The third-order valence-electron chi connectivity index (χ3n) is 6.09. The maximum absolute atomic E-state index is 13.0. The predicted molar refractivity (Wildman–Crippen MR) is 149 cm³/mol. The summed E-state index contributed by atoms with van der Waals surface area (Å²) in [5.74, 6) is -3.10. The fourth-order valence-corrected chi connectivity index (χ4v) is 4.32. The van der Waals surface area contributed by atoms with Crippen LogP contribution in [0.4, 0.5) is 0 Å². The molecule has 0 aliphatic carbocycles. The average molecular weight is 587 g/mol. The highest BCUT2D eigenvalue weighted by Crippen LogP contribution is 2.18. The standard InChI is InChI=1S/C26H42N4O9S/c1-14(2)11-18(29-24(37)16(27)9-10-40-3)25(38)30-19(13-31)21(34)22(35)23(36)26(39)28-17(12-20(32)33)15-7-5-4-6-8-15/h4-8,14,16-19,21-23,31,34-36H,9-13,27H2,1-3H3,(H,28,39)(H,29,37)(H,30,38)(H,32,33)/t16-,17-,18-,19-,21+,22+,23-/m0/s1. The van der Waals surface area contributed by atoms with Gasteiger partial charge in [0.05, 0.1) is 31.2 Å². The summed E-state index contributed by atoms with van der Waals surface area (Å²) in [5.41, 5.74) is 6.33.